The van der Waals surface area contributed by atoms with E-state index < -0.39 is 35.2 Å². The van der Waals surface area contributed by atoms with E-state index in [9.17, 15) is 31.5 Å². The number of carbonyl (C=O) groups is 1. The monoisotopic (exact) mass is 507 g/mol. The van der Waals surface area contributed by atoms with Gasteiger partial charge in [0.25, 0.3) is 5.56 Å². The average Bonchev–Trinajstić information content (AvgIpc) is 3.53. The van der Waals surface area contributed by atoms with Gasteiger partial charge in [-0.1, -0.05) is 11.2 Å². The van der Waals surface area contributed by atoms with Crippen LogP contribution in [0.5, 0.6) is 0 Å². The second kappa shape index (κ2) is 8.57. The highest BCUT2D eigenvalue weighted by molar-refractivity contribution is 5.96. The van der Waals surface area contributed by atoms with Gasteiger partial charge < -0.3 is 13.9 Å². The number of amides is 1. The summed E-state index contributed by atoms with van der Waals surface area (Å²) in [5, 5.41) is 7.61. The zero-order valence-electron chi connectivity index (χ0n) is 18.7. The predicted molar refractivity (Wildman–Crippen MR) is 117 cm³/mol. The number of nitrogens with zero attached hydrogens (tertiary/aromatic N) is 5. The van der Waals surface area contributed by atoms with Gasteiger partial charge in [-0.15, -0.1) is 5.10 Å². The Labute approximate surface area is 199 Å². The predicted octanol–water partition coefficient (Wildman–Crippen LogP) is 3.88. The minimum atomic E-state index is -4.96. The van der Waals surface area contributed by atoms with Crippen LogP contribution in [-0.2, 0) is 17.5 Å². The standard InChI is InChI=1S/C23H18F5N5O3/c1-12-29-30-22(36-12)33-10-15(13-2-3-17(25)16(8-13)23(26,27)28)20-18(33)5-7-32(21(20)35)11-19(34)31-6-4-14(24)9-31/h2-3,5,7-8,10,14H,4,6,9,11H2,1H3. The van der Waals surface area contributed by atoms with Crippen LogP contribution in [0.15, 0.2) is 45.9 Å². The van der Waals surface area contributed by atoms with Crippen LogP contribution < -0.4 is 5.56 Å². The van der Waals surface area contributed by atoms with E-state index in [1.807, 2.05) is 0 Å². The molecule has 1 atom stereocenters. The largest absolute Gasteiger partial charge is 0.419 e. The van der Waals surface area contributed by atoms with Crippen LogP contribution in [0.25, 0.3) is 28.0 Å². The van der Waals surface area contributed by atoms with E-state index in [0.29, 0.717) is 12.1 Å². The lowest BCUT2D eigenvalue weighted by atomic mass is 10.0. The Hall–Kier alpha value is -4.03. The fraction of sp³-hybridized carbons (Fsp3) is 0.304. The van der Waals surface area contributed by atoms with Gasteiger partial charge in [-0.25, -0.2) is 8.78 Å². The van der Waals surface area contributed by atoms with E-state index in [2.05, 4.69) is 10.2 Å². The topological polar surface area (TPSA) is 86.2 Å². The number of aryl methyl sites for hydroxylation is 1. The van der Waals surface area contributed by atoms with Gasteiger partial charge >= 0.3 is 12.2 Å². The fourth-order valence-electron chi connectivity index (χ4n) is 4.27. The Morgan fingerprint density at radius 3 is 2.64 bits per heavy atom. The molecule has 1 aliphatic rings. The van der Waals surface area contributed by atoms with Crippen LogP contribution in [0.1, 0.15) is 17.9 Å². The van der Waals surface area contributed by atoms with Crippen LogP contribution in [0.2, 0.25) is 0 Å². The molecular weight excluding hydrogens is 489 g/mol. The molecule has 4 aromatic rings. The van der Waals surface area contributed by atoms with Gasteiger partial charge in [0.05, 0.1) is 23.0 Å². The number of rotatable bonds is 4. The van der Waals surface area contributed by atoms with Crippen LogP contribution >= 0.6 is 0 Å². The number of carbonyl (C=O) groups excluding carboxylic acids is 1. The molecule has 1 aromatic carbocycles. The fourth-order valence-corrected chi connectivity index (χ4v) is 4.27. The molecule has 0 N–H and O–H groups in total. The van der Waals surface area contributed by atoms with E-state index in [-0.39, 0.29) is 60.0 Å². The smallest absolute Gasteiger partial charge is 0.408 e. The molecule has 4 heterocycles. The number of benzene rings is 1. The van der Waals surface area contributed by atoms with Gasteiger partial charge in [-0.2, -0.15) is 13.2 Å². The summed E-state index contributed by atoms with van der Waals surface area (Å²) in [6, 6.07) is 3.84. The Morgan fingerprint density at radius 2 is 2.00 bits per heavy atom. The normalized spacial score (nSPS) is 16.3. The zero-order chi connectivity index (χ0) is 25.8. The second-order valence-electron chi connectivity index (χ2n) is 8.44. The molecule has 13 heteroatoms. The molecule has 0 saturated carbocycles. The van der Waals surface area contributed by atoms with Gasteiger partial charge in [0.15, 0.2) is 0 Å². The molecule has 0 radical (unpaired) electrons. The van der Waals surface area contributed by atoms with Crippen molar-refractivity contribution in [2.24, 2.45) is 0 Å². The third-order valence-electron chi connectivity index (χ3n) is 6.02. The molecule has 0 aliphatic carbocycles. The van der Waals surface area contributed by atoms with Gasteiger partial charge in [0, 0.05) is 31.4 Å². The number of hydrogen-bond acceptors (Lipinski definition) is 5. The van der Waals surface area contributed by atoms with E-state index in [1.54, 1.807) is 0 Å². The van der Waals surface area contributed by atoms with Crippen molar-refractivity contribution in [2.75, 3.05) is 13.1 Å². The van der Waals surface area contributed by atoms with E-state index in [4.69, 9.17) is 4.42 Å². The Bertz CT molecular complexity index is 1540. The Morgan fingerprint density at radius 1 is 1.22 bits per heavy atom. The summed E-state index contributed by atoms with van der Waals surface area (Å²) in [5.74, 6) is -1.71. The van der Waals surface area contributed by atoms with Crippen LogP contribution in [0.3, 0.4) is 0 Å². The first-order chi connectivity index (χ1) is 17.0. The van der Waals surface area contributed by atoms with Crippen LogP contribution in [-0.4, -0.2) is 49.4 Å². The first-order valence-corrected chi connectivity index (χ1v) is 10.9. The summed E-state index contributed by atoms with van der Waals surface area (Å²) < 4.78 is 75.5. The summed E-state index contributed by atoms with van der Waals surface area (Å²) in [6.07, 6.45) is -3.19. The number of alkyl halides is 4. The maximum atomic E-state index is 13.9. The molecule has 1 amide bonds. The van der Waals surface area contributed by atoms with Crippen molar-refractivity contribution in [1.29, 1.82) is 0 Å². The molecule has 1 fully saturated rings. The van der Waals surface area contributed by atoms with Crippen molar-refractivity contribution in [3.63, 3.8) is 0 Å². The van der Waals surface area contributed by atoms with Gasteiger partial charge in [-0.3, -0.25) is 14.2 Å². The quantitative estimate of drug-likeness (QED) is 0.392. The number of fused-ring (bicyclic) bond motifs is 1. The highest BCUT2D eigenvalue weighted by Crippen LogP contribution is 2.36. The van der Waals surface area contributed by atoms with Gasteiger partial charge in [-0.05, 0) is 30.2 Å². The van der Waals surface area contributed by atoms with E-state index >= 15 is 0 Å². The first kappa shape index (κ1) is 23.7. The number of pyridine rings is 1. The van der Waals surface area contributed by atoms with Crippen molar-refractivity contribution in [3.8, 4) is 17.1 Å². The summed E-state index contributed by atoms with van der Waals surface area (Å²) in [4.78, 5) is 27.4. The van der Waals surface area contributed by atoms with Gasteiger partial charge in [0.1, 0.15) is 18.5 Å². The zero-order valence-corrected chi connectivity index (χ0v) is 18.7. The van der Waals surface area contributed by atoms with Crippen molar-refractivity contribution in [3.05, 3.63) is 64.3 Å². The van der Waals surface area contributed by atoms with Crippen molar-refractivity contribution >= 4 is 16.8 Å². The third-order valence-corrected chi connectivity index (χ3v) is 6.02. The SMILES string of the molecule is Cc1nnc(-n2cc(-c3ccc(F)c(C(F)(F)F)c3)c3c(=O)n(CC(=O)N4CCC(F)C4)ccc32)o1. The van der Waals surface area contributed by atoms with Crippen molar-refractivity contribution in [2.45, 2.75) is 32.2 Å². The summed E-state index contributed by atoms with van der Waals surface area (Å²) in [5.41, 5.74) is -1.98. The van der Waals surface area contributed by atoms with E-state index in [0.717, 1.165) is 10.6 Å². The highest BCUT2D eigenvalue weighted by atomic mass is 19.4. The van der Waals surface area contributed by atoms with Crippen molar-refractivity contribution < 1.29 is 31.2 Å². The lowest BCUT2D eigenvalue weighted by Gasteiger charge is -2.16. The molecule has 5 rings (SSSR count). The minimum absolute atomic E-state index is 0.0364. The van der Waals surface area contributed by atoms with Crippen LogP contribution in [0, 0.1) is 12.7 Å². The molecule has 188 valence electrons. The molecule has 0 bridgehead atoms. The highest BCUT2D eigenvalue weighted by Gasteiger charge is 2.35. The summed E-state index contributed by atoms with van der Waals surface area (Å²) >= 11 is 0. The molecular formula is C23H18F5N5O3. The lowest BCUT2D eigenvalue weighted by Crippen LogP contribution is -2.35. The molecule has 0 spiro atoms. The molecule has 8 nitrogen and oxygen atoms in total. The maximum absolute atomic E-state index is 13.9. The Kier molecular flexibility index (Phi) is 5.64. The minimum Gasteiger partial charge on any atom is -0.408 e. The second-order valence-corrected chi connectivity index (χ2v) is 8.44. The first-order valence-electron chi connectivity index (χ1n) is 10.9. The Balaban J connectivity index is 1.68. The molecule has 3 aromatic heterocycles. The summed E-state index contributed by atoms with van der Waals surface area (Å²) in [7, 11) is 0. The number of hydrogen-bond donors (Lipinski definition) is 0. The molecule has 1 saturated heterocycles. The number of likely N-dealkylation sites (tertiary alicyclic amines) is 1. The number of aromatic nitrogens is 4. The molecule has 36 heavy (non-hydrogen) atoms. The van der Waals surface area contributed by atoms with Crippen molar-refractivity contribution in [1.82, 2.24) is 24.2 Å². The third kappa shape index (κ3) is 4.14. The van der Waals surface area contributed by atoms with Crippen LogP contribution in [0.4, 0.5) is 22.0 Å². The average molecular weight is 507 g/mol. The van der Waals surface area contributed by atoms with Gasteiger partial charge in [0.2, 0.25) is 11.8 Å². The lowest BCUT2D eigenvalue weighted by molar-refractivity contribution is -0.140. The summed E-state index contributed by atoms with van der Waals surface area (Å²) in [6.45, 7) is 1.31. The molecule has 1 aliphatic heterocycles. The molecule has 1 unspecified atom stereocenters. The maximum Gasteiger partial charge on any atom is 0.419 e. The number of halogens is 5. The van der Waals surface area contributed by atoms with E-state index in [1.165, 1.54) is 34.9 Å².